The van der Waals surface area contributed by atoms with Gasteiger partial charge in [0.05, 0.1) is 18.8 Å². The third-order valence-corrected chi connectivity index (χ3v) is 4.68. The molecule has 28 heavy (non-hydrogen) atoms. The number of furan rings is 1. The maximum absolute atomic E-state index is 14.1. The number of carbonyl (C=O) groups is 2. The number of nitrogens with zero attached hydrogens (tertiary/aromatic N) is 1. The summed E-state index contributed by atoms with van der Waals surface area (Å²) in [6, 6.07) is 8.00. The topological polar surface area (TPSA) is 76.3 Å². The van der Waals surface area contributed by atoms with Gasteiger partial charge < -0.3 is 19.6 Å². The zero-order valence-corrected chi connectivity index (χ0v) is 14.7. The maximum atomic E-state index is 14.1. The van der Waals surface area contributed by atoms with Crippen molar-refractivity contribution in [2.75, 3.05) is 6.54 Å². The number of rotatable bonds is 5. The average molecular weight is 385 g/mol. The van der Waals surface area contributed by atoms with Crippen molar-refractivity contribution in [3.63, 3.8) is 0 Å². The summed E-state index contributed by atoms with van der Waals surface area (Å²) in [5.41, 5.74) is 0.969. The lowest BCUT2D eigenvalue weighted by molar-refractivity contribution is -0.122. The van der Waals surface area contributed by atoms with Gasteiger partial charge in [-0.05, 0) is 30.3 Å². The molecule has 1 atom stereocenters. The number of halogens is 2. The van der Waals surface area contributed by atoms with Crippen LogP contribution in [0.25, 0.3) is 11.1 Å². The fourth-order valence-electron chi connectivity index (χ4n) is 3.29. The standard InChI is InChI=1S/C20H17F2N3O3/c21-13-3-4-16(17(22)7-13)12-6-18-20(27)24-9-14(25(18)11-12)8-19(26)23-10-15-2-1-5-28-15/h1-7,11,14H,8-10H2,(H,23,26)(H,24,27). The molecule has 0 bridgehead atoms. The minimum absolute atomic E-state index is 0.133. The molecule has 144 valence electrons. The van der Waals surface area contributed by atoms with Gasteiger partial charge in [0, 0.05) is 36.4 Å². The van der Waals surface area contributed by atoms with E-state index < -0.39 is 11.6 Å². The van der Waals surface area contributed by atoms with Crippen molar-refractivity contribution in [2.24, 2.45) is 0 Å². The summed E-state index contributed by atoms with van der Waals surface area (Å²) >= 11 is 0. The summed E-state index contributed by atoms with van der Waals surface area (Å²) in [7, 11) is 0. The molecule has 0 aliphatic carbocycles. The highest BCUT2D eigenvalue weighted by atomic mass is 19.1. The lowest BCUT2D eigenvalue weighted by Gasteiger charge is -2.26. The first-order valence-corrected chi connectivity index (χ1v) is 8.76. The van der Waals surface area contributed by atoms with Crippen LogP contribution in [0.1, 0.15) is 28.7 Å². The van der Waals surface area contributed by atoms with E-state index in [4.69, 9.17) is 4.42 Å². The molecule has 0 saturated heterocycles. The Morgan fingerprint density at radius 3 is 2.89 bits per heavy atom. The van der Waals surface area contributed by atoms with Crippen molar-refractivity contribution < 1.29 is 22.8 Å². The van der Waals surface area contributed by atoms with Gasteiger partial charge in [0.2, 0.25) is 5.91 Å². The maximum Gasteiger partial charge on any atom is 0.268 e. The van der Waals surface area contributed by atoms with E-state index in [0.717, 1.165) is 12.1 Å². The predicted octanol–water partition coefficient (Wildman–Crippen LogP) is 3.02. The van der Waals surface area contributed by atoms with E-state index in [1.54, 1.807) is 29.0 Å². The Hall–Kier alpha value is -3.42. The summed E-state index contributed by atoms with van der Waals surface area (Å²) in [5, 5.41) is 5.51. The van der Waals surface area contributed by atoms with E-state index >= 15 is 0 Å². The molecular weight excluding hydrogens is 368 g/mol. The molecule has 1 aromatic carbocycles. The van der Waals surface area contributed by atoms with Crippen LogP contribution in [0.5, 0.6) is 0 Å². The van der Waals surface area contributed by atoms with Gasteiger partial charge >= 0.3 is 0 Å². The van der Waals surface area contributed by atoms with Crippen LogP contribution in [0.15, 0.2) is 53.3 Å². The summed E-state index contributed by atoms with van der Waals surface area (Å²) in [4.78, 5) is 24.5. The minimum atomic E-state index is -0.712. The van der Waals surface area contributed by atoms with Gasteiger partial charge in [-0.1, -0.05) is 0 Å². The number of hydrogen-bond acceptors (Lipinski definition) is 3. The van der Waals surface area contributed by atoms with Crippen molar-refractivity contribution in [1.82, 2.24) is 15.2 Å². The molecular formula is C20H17F2N3O3. The van der Waals surface area contributed by atoms with E-state index in [0.29, 0.717) is 17.0 Å². The monoisotopic (exact) mass is 385 g/mol. The van der Waals surface area contributed by atoms with E-state index in [2.05, 4.69) is 10.6 Å². The van der Waals surface area contributed by atoms with Crippen LogP contribution < -0.4 is 10.6 Å². The fraction of sp³-hybridized carbons (Fsp3) is 0.200. The quantitative estimate of drug-likeness (QED) is 0.709. The highest BCUT2D eigenvalue weighted by Crippen LogP contribution is 2.30. The van der Waals surface area contributed by atoms with Gasteiger partial charge in [-0.25, -0.2) is 8.78 Å². The summed E-state index contributed by atoms with van der Waals surface area (Å²) < 4.78 is 34.1. The molecule has 1 aliphatic rings. The second-order valence-electron chi connectivity index (χ2n) is 6.57. The first-order valence-electron chi connectivity index (χ1n) is 8.76. The molecule has 6 nitrogen and oxygen atoms in total. The summed E-state index contributed by atoms with van der Waals surface area (Å²) in [5.74, 6) is -1.25. The number of benzene rings is 1. The van der Waals surface area contributed by atoms with Crippen LogP contribution in [0, 0.1) is 11.6 Å². The zero-order chi connectivity index (χ0) is 19.7. The number of nitrogens with one attached hydrogen (secondary N) is 2. The average Bonchev–Trinajstić information content (AvgIpc) is 3.32. The molecule has 3 heterocycles. The molecule has 1 unspecified atom stereocenters. The number of aromatic nitrogens is 1. The van der Waals surface area contributed by atoms with Gasteiger partial charge in [0.1, 0.15) is 23.1 Å². The molecule has 0 radical (unpaired) electrons. The lowest BCUT2D eigenvalue weighted by Crippen LogP contribution is -2.40. The number of amides is 2. The second kappa shape index (κ2) is 7.30. The summed E-state index contributed by atoms with van der Waals surface area (Å²) in [6.45, 7) is 0.551. The molecule has 0 saturated carbocycles. The van der Waals surface area contributed by atoms with Crippen LogP contribution in [-0.2, 0) is 11.3 Å². The molecule has 0 spiro atoms. The highest BCUT2D eigenvalue weighted by Gasteiger charge is 2.28. The van der Waals surface area contributed by atoms with Crippen molar-refractivity contribution >= 4 is 11.8 Å². The Morgan fingerprint density at radius 2 is 2.14 bits per heavy atom. The molecule has 4 rings (SSSR count). The Balaban J connectivity index is 1.54. The van der Waals surface area contributed by atoms with Crippen molar-refractivity contribution in [3.05, 3.63) is 71.9 Å². The number of carbonyl (C=O) groups excluding carboxylic acids is 2. The van der Waals surface area contributed by atoms with Gasteiger partial charge in [-0.2, -0.15) is 0 Å². The normalized spacial score (nSPS) is 15.8. The van der Waals surface area contributed by atoms with Crippen molar-refractivity contribution in [2.45, 2.75) is 19.0 Å². The Labute approximate surface area is 159 Å². The minimum Gasteiger partial charge on any atom is -0.467 e. The van der Waals surface area contributed by atoms with E-state index in [1.165, 1.54) is 12.3 Å². The first kappa shape index (κ1) is 18.0. The van der Waals surface area contributed by atoms with Gasteiger partial charge in [0.15, 0.2) is 0 Å². The number of fused-ring (bicyclic) bond motifs is 1. The third kappa shape index (κ3) is 3.53. The van der Waals surface area contributed by atoms with Crippen molar-refractivity contribution in [3.8, 4) is 11.1 Å². The van der Waals surface area contributed by atoms with Gasteiger partial charge in [0.25, 0.3) is 5.91 Å². The van der Waals surface area contributed by atoms with Crippen LogP contribution in [0.2, 0.25) is 0 Å². The van der Waals surface area contributed by atoms with E-state index in [9.17, 15) is 18.4 Å². The lowest BCUT2D eigenvalue weighted by atomic mass is 10.1. The fourth-order valence-corrected chi connectivity index (χ4v) is 3.29. The molecule has 2 N–H and O–H groups in total. The molecule has 0 fully saturated rings. The molecule has 2 aromatic heterocycles. The second-order valence-corrected chi connectivity index (χ2v) is 6.57. The number of hydrogen-bond donors (Lipinski definition) is 2. The molecule has 2 amide bonds. The van der Waals surface area contributed by atoms with Crippen LogP contribution in [0.3, 0.4) is 0 Å². The van der Waals surface area contributed by atoms with Crippen LogP contribution in [-0.4, -0.2) is 22.9 Å². The van der Waals surface area contributed by atoms with Crippen molar-refractivity contribution in [1.29, 1.82) is 0 Å². The van der Waals surface area contributed by atoms with Crippen LogP contribution in [0.4, 0.5) is 8.78 Å². The Bertz CT molecular complexity index is 1030. The Kier molecular flexibility index (Phi) is 4.68. The first-order chi connectivity index (χ1) is 13.5. The molecule has 1 aliphatic heterocycles. The SMILES string of the molecule is O=C(CC1CNC(=O)c2cc(-c3ccc(F)cc3F)cn21)NCc1ccco1. The largest absolute Gasteiger partial charge is 0.467 e. The van der Waals surface area contributed by atoms with Gasteiger partial charge in [-0.15, -0.1) is 0 Å². The van der Waals surface area contributed by atoms with Gasteiger partial charge in [-0.3, -0.25) is 9.59 Å². The smallest absolute Gasteiger partial charge is 0.268 e. The zero-order valence-electron chi connectivity index (χ0n) is 14.7. The highest BCUT2D eigenvalue weighted by molar-refractivity contribution is 5.95. The summed E-state index contributed by atoms with van der Waals surface area (Å²) in [6.07, 6.45) is 3.28. The molecule has 8 heteroatoms. The van der Waals surface area contributed by atoms with E-state index in [1.807, 2.05) is 0 Å². The third-order valence-electron chi connectivity index (χ3n) is 4.68. The van der Waals surface area contributed by atoms with E-state index in [-0.39, 0.29) is 42.9 Å². The van der Waals surface area contributed by atoms with Crippen LogP contribution >= 0.6 is 0 Å². The Morgan fingerprint density at radius 1 is 1.29 bits per heavy atom. The molecule has 3 aromatic rings. The predicted molar refractivity (Wildman–Crippen MR) is 96.3 cm³/mol.